The van der Waals surface area contributed by atoms with Crippen molar-refractivity contribution < 1.29 is 14.8 Å². The van der Waals surface area contributed by atoms with Gasteiger partial charge >= 0.3 is 0 Å². The molecule has 2 aromatic rings. The number of aromatic nitrogens is 1. The highest BCUT2D eigenvalue weighted by molar-refractivity contribution is 5.60. The summed E-state index contributed by atoms with van der Waals surface area (Å²) >= 11 is 0. The molecule has 1 aliphatic rings. The van der Waals surface area contributed by atoms with Gasteiger partial charge < -0.3 is 4.90 Å². The normalized spacial score (nSPS) is 15.8. The van der Waals surface area contributed by atoms with Crippen LogP contribution in [0.5, 0.6) is 0 Å². The molecular weight excluding hydrogens is 304 g/mol. The summed E-state index contributed by atoms with van der Waals surface area (Å²) in [5, 5.41) is 11.0. The van der Waals surface area contributed by atoms with Gasteiger partial charge in [-0.2, -0.15) is 0 Å². The Morgan fingerprint density at radius 3 is 2.62 bits per heavy atom. The zero-order valence-electron chi connectivity index (χ0n) is 13.5. The van der Waals surface area contributed by atoms with Gasteiger partial charge in [-0.1, -0.05) is 18.2 Å². The molecule has 1 saturated heterocycles. The van der Waals surface area contributed by atoms with Gasteiger partial charge in [-0.05, 0) is 24.3 Å². The van der Waals surface area contributed by atoms with Crippen molar-refractivity contribution in [1.82, 2.24) is 0 Å². The fourth-order valence-electron chi connectivity index (χ4n) is 3.00. The maximum absolute atomic E-state index is 11.0. The van der Waals surface area contributed by atoms with Crippen LogP contribution in [0.25, 0.3) is 6.08 Å². The minimum atomic E-state index is -0.332. The standard InChI is InChI=1S/C18H20N4O2/c23-22(24)17-8-2-1-6-16(17)7-5-11-20-12-14-21(15-13-20)18-9-3-4-10-19-18/h1-10H,11-15H2/p+2/b7-5+. The largest absolute Gasteiger partial charge is 0.325 e. The van der Waals surface area contributed by atoms with Crippen LogP contribution in [-0.2, 0) is 0 Å². The summed E-state index contributed by atoms with van der Waals surface area (Å²) in [4.78, 5) is 17.8. The van der Waals surface area contributed by atoms with Crippen LogP contribution in [0.2, 0.25) is 0 Å². The third-order valence-electron chi connectivity index (χ3n) is 4.34. The van der Waals surface area contributed by atoms with Crippen molar-refractivity contribution in [3.63, 3.8) is 0 Å². The fraction of sp³-hybridized carbons (Fsp3) is 0.278. The molecule has 0 atom stereocenters. The number of pyridine rings is 1. The van der Waals surface area contributed by atoms with E-state index in [9.17, 15) is 10.1 Å². The molecule has 24 heavy (non-hydrogen) atoms. The smallest absolute Gasteiger partial charge is 0.276 e. The number of H-pyrrole nitrogens is 1. The van der Waals surface area contributed by atoms with Crippen LogP contribution in [-0.4, -0.2) is 37.6 Å². The number of piperazine rings is 1. The summed E-state index contributed by atoms with van der Waals surface area (Å²) in [7, 11) is 0. The molecule has 0 saturated carbocycles. The van der Waals surface area contributed by atoms with E-state index in [0.29, 0.717) is 5.56 Å². The highest BCUT2D eigenvalue weighted by atomic mass is 16.6. The van der Waals surface area contributed by atoms with Gasteiger partial charge in [0.05, 0.1) is 23.2 Å². The minimum absolute atomic E-state index is 0.160. The van der Waals surface area contributed by atoms with Crippen molar-refractivity contribution in [3.05, 3.63) is 70.4 Å². The summed E-state index contributed by atoms with van der Waals surface area (Å²) in [5.41, 5.74) is 0.826. The topological polar surface area (TPSA) is 65.0 Å². The number of anilines is 1. The number of quaternary nitrogens is 1. The molecule has 6 nitrogen and oxygen atoms in total. The molecule has 0 amide bonds. The molecule has 0 bridgehead atoms. The van der Waals surface area contributed by atoms with Gasteiger partial charge in [0.15, 0.2) is 0 Å². The SMILES string of the molecule is O=[N+]([O-])c1ccccc1/C=C/C[NH+]1CCN(c2cccc[nH+]2)CC1. The van der Waals surface area contributed by atoms with E-state index in [-0.39, 0.29) is 10.6 Å². The number of nitro benzene ring substituents is 1. The van der Waals surface area contributed by atoms with Crippen LogP contribution >= 0.6 is 0 Å². The van der Waals surface area contributed by atoms with E-state index in [2.05, 4.69) is 16.0 Å². The molecule has 1 aromatic heterocycles. The molecule has 6 heteroatoms. The molecule has 0 spiro atoms. The van der Waals surface area contributed by atoms with Crippen molar-refractivity contribution in [3.8, 4) is 0 Å². The molecule has 0 unspecified atom stereocenters. The lowest BCUT2D eigenvalue weighted by Crippen LogP contribution is -3.14. The maximum Gasteiger partial charge on any atom is 0.276 e. The first-order valence-corrected chi connectivity index (χ1v) is 8.19. The molecule has 1 aliphatic heterocycles. The van der Waals surface area contributed by atoms with Crippen molar-refractivity contribution in [2.24, 2.45) is 0 Å². The first-order chi connectivity index (χ1) is 11.7. The first-order valence-electron chi connectivity index (χ1n) is 8.19. The minimum Gasteiger partial charge on any atom is -0.325 e. The second-order valence-corrected chi connectivity index (χ2v) is 5.91. The summed E-state index contributed by atoms with van der Waals surface area (Å²) in [6.07, 6.45) is 5.86. The second kappa shape index (κ2) is 7.70. The molecule has 2 heterocycles. The summed E-state index contributed by atoms with van der Waals surface area (Å²) in [6, 6.07) is 13.0. The van der Waals surface area contributed by atoms with E-state index in [1.54, 1.807) is 18.2 Å². The van der Waals surface area contributed by atoms with E-state index in [0.717, 1.165) is 38.5 Å². The van der Waals surface area contributed by atoms with E-state index < -0.39 is 0 Å². The third kappa shape index (κ3) is 3.97. The maximum atomic E-state index is 11.0. The zero-order valence-corrected chi connectivity index (χ0v) is 13.5. The van der Waals surface area contributed by atoms with Gasteiger partial charge in [-0.15, -0.1) is 0 Å². The molecule has 1 aromatic carbocycles. The average molecular weight is 326 g/mol. The molecule has 124 valence electrons. The van der Waals surface area contributed by atoms with Gasteiger partial charge in [-0.25, -0.2) is 4.98 Å². The van der Waals surface area contributed by atoms with Crippen LogP contribution in [0.4, 0.5) is 11.5 Å². The number of nitro groups is 1. The van der Waals surface area contributed by atoms with E-state index >= 15 is 0 Å². The molecule has 1 fully saturated rings. The Labute approximate surface area is 141 Å². The highest BCUT2D eigenvalue weighted by Gasteiger charge is 2.24. The Balaban J connectivity index is 1.53. The second-order valence-electron chi connectivity index (χ2n) is 5.91. The van der Waals surface area contributed by atoms with Gasteiger partial charge in [0, 0.05) is 12.1 Å². The Morgan fingerprint density at radius 2 is 1.92 bits per heavy atom. The number of hydrogen-bond acceptors (Lipinski definition) is 3. The van der Waals surface area contributed by atoms with Crippen LogP contribution in [0.15, 0.2) is 54.7 Å². The van der Waals surface area contributed by atoms with Crippen LogP contribution in [0.1, 0.15) is 5.56 Å². The van der Waals surface area contributed by atoms with Gasteiger partial charge in [-0.3, -0.25) is 15.0 Å². The van der Waals surface area contributed by atoms with Crippen LogP contribution in [0.3, 0.4) is 0 Å². The molecule has 2 N–H and O–H groups in total. The Hall–Kier alpha value is -2.73. The average Bonchev–Trinajstić information content (AvgIpc) is 2.63. The Bertz CT molecular complexity index is 710. The zero-order chi connectivity index (χ0) is 16.8. The Morgan fingerprint density at radius 1 is 1.17 bits per heavy atom. The lowest BCUT2D eigenvalue weighted by atomic mass is 10.1. The van der Waals surface area contributed by atoms with Crippen molar-refractivity contribution in [2.45, 2.75) is 0 Å². The number of benzene rings is 1. The Kier molecular flexibility index (Phi) is 5.18. The highest BCUT2D eigenvalue weighted by Crippen LogP contribution is 2.18. The fourth-order valence-corrected chi connectivity index (χ4v) is 3.00. The number of aromatic amines is 1. The van der Waals surface area contributed by atoms with Gasteiger partial charge in [0.1, 0.15) is 26.2 Å². The quantitative estimate of drug-likeness (QED) is 0.654. The number of rotatable bonds is 5. The molecule has 3 rings (SSSR count). The number of nitrogens with zero attached hydrogens (tertiary/aromatic N) is 2. The van der Waals surface area contributed by atoms with Crippen LogP contribution in [0, 0.1) is 10.1 Å². The van der Waals surface area contributed by atoms with Gasteiger partial charge in [0.2, 0.25) is 0 Å². The molecule has 0 aliphatic carbocycles. The summed E-state index contributed by atoms with van der Waals surface area (Å²) < 4.78 is 0. The third-order valence-corrected chi connectivity index (χ3v) is 4.34. The molecular formula is C18H22N4O2+2. The predicted molar refractivity (Wildman–Crippen MR) is 92.9 cm³/mol. The van der Waals surface area contributed by atoms with E-state index in [4.69, 9.17) is 0 Å². The monoisotopic (exact) mass is 326 g/mol. The van der Waals surface area contributed by atoms with Crippen molar-refractivity contribution >= 4 is 17.6 Å². The van der Waals surface area contributed by atoms with Crippen molar-refractivity contribution in [1.29, 1.82) is 0 Å². The number of nitrogens with one attached hydrogen (secondary N) is 2. The first kappa shape index (κ1) is 16.1. The van der Waals surface area contributed by atoms with Crippen molar-refractivity contribution in [2.75, 3.05) is 37.6 Å². The van der Waals surface area contributed by atoms with Crippen LogP contribution < -0.4 is 14.8 Å². The summed E-state index contributed by atoms with van der Waals surface area (Å²) in [6.45, 7) is 5.02. The lowest BCUT2D eigenvalue weighted by Gasteiger charge is -2.27. The van der Waals surface area contributed by atoms with Gasteiger partial charge in [0.25, 0.3) is 11.5 Å². The number of hydrogen-bond donors (Lipinski definition) is 1. The van der Waals surface area contributed by atoms with E-state index in [1.165, 1.54) is 4.90 Å². The summed E-state index contributed by atoms with van der Waals surface area (Å²) in [5.74, 6) is 1.16. The lowest BCUT2D eigenvalue weighted by molar-refractivity contribution is -0.894. The van der Waals surface area contributed by atoms with E-state index in [1.807, 2.05) is 36.5 Å². The molecule has 0 radical (unpaired) electrons. The number of para-hydroxylation sites is 1. The predicted octanol–water partition coefficient (Wildman–Crippen LogP) is 0.827.